The lowest BCUT2D eigenvalue weighted by molar-refractivity contribution is 0.171. The maximum atomic E-state index is 13.6. The summed E-state index contributed by atoms with van der Waals surface area (Å²) >= 11 is 3.19. The fourth-order valence-electron chi connectivity index (χ4n) is 1.61. The molecule has 0 aliphatic rings. The first-order valence-electron chi connectivity index (χ1n) is 5.18. The molecule has 90 valence electrons. The quantitative estimate of drug-likeness (QED) is 0.946. The molecule has 2 aromatic rings. The van der Waals surface area contributed by atoms with Crippen molar-refractivity contribution in [2.75, 3.05) is 0 Å². The second kappa shape index (κ2) is 4.98. The van der Waals surface area contributed by atoms with Crippen LogP contribution >= 0.6 is 15.9 Å². The minimum Gasteiger partial charge on any atom is -0.386 e. The van der Waals surface area contributed by atoms with Crippen LogP contribution in [0.4, 0.5) is 4.39 Å². The van der Waals surface area contributed by atoms with Gasteiger partial charge < -0.3 is 5.11 Å². The van der Waals surface area contributed by atoms with Crippen molar-refractivity contribution in [3.8, 4) is 0 Å². The number of aromatic nitrogens is 2. The van der Waals surface area contributed by atoms with Gasteiger partial charge in [0.05, 0.1) is 5.69 Å². The van der Waals surface area contributed by atoms with E-state index in [1.165, 1.54) is 6.07 Å². The largest absolute Gasteiger partial charge is 0.386 e. The van der Waals surface area contributed by atoms with Crippen molar-refractivity contribution < 1.29 is 9.50 Å². The van der Waals surface area contributed by atoms with E-state index in [-0.39, 0.29) is 12.2 Å². The van der Waals surface area contributed by atoms with Gasteiger partial charge in [-0.05, 0) is 23.8 Å². The van der Waals surface area contributed by atoms with Crippen LogP contribution in [0.15, 0.2) is 34.9 Å². The third-order valence-corrected chi connectivity index (χ3v) is 3.00. The van der Waals surface area contributed by atoms with Crippen molar-refractivity contribution in [1.82, 2.24) is 9.78 Å². The molecule has 1 aromatic carbocycles. The van der Waals surface area contributed by atoms with Crippen LogP contribution < -0.4 is 0 Å². The maximum Gasteiger partial charge on any atom is 0.127 e. The van der Waals surface area contributed by atoms with Crippen molar-refractivity contribution in [3.05, 3.63) is 52.0 Å². The fraction of sp³-hybridized carbons (Fsp3) is 0.250. The van der Waals surface area contributed by atoms with E-state index in [4.69, 9.17) is 0 Å². The number of aryl methyl sites for hydroxylation is 1. The number of aliphatic hydroxyl groups is 1. The van der Waals surface area contributed by atoms with Crippen LogP contribution in [0.2, 0.25) is 0 Å². The second-order valence-corrected chi connectivity index (χ2v) is 4.79. The van der Waals surface area contributed by atoms with Gasteiger partial charge in [0.2, 0.25) is 0 Å². The predicted octanol–water partition coefficient (Wildman–Crippen LogP) is 2.60. The fourth-order valence-corrected chi connectivity index (χ4v) is 1.94. The first kappa shape index (κ1) is 12.3. The molecule has 3 nitrogen and oxygen atoms in total. The van der Waals surface area contributed by atoms with Crippen molar-refractivity contribution in [3.63, 3.8) is 0 Å². The van der Waals surface area contributed by atoms with Crippen molar-refractivity contribution >= 4 is 15.9 Å². The number of hydrogen-bond donors (Lipinski definition) is 1. The summed E-state index contributed by atoms with van der Waals surface area (Å²) in [6, 6.07) is 6.52. The first-order chi connectivity index (χ1) is 8.06. The van der Waals surface area contributed by atoms with Crippen LogP contribution in [-0.4, -0.2) is 14.9 Å². The number of hydrogen-bond acceptors (Lipinski definition) is 2. The molecule has 17 heavy (non-hydrogen) atoms. The average molecular weight is 299 g/mol. The van der Waals surface area contributed by atoms with Crippen molar-refractivity contribution in [2.45, 2.75) is 12.5 Å². The topological polar surface area (TPSA) is 38.0 Å². The molecular weight excluding hydrogens is 287 g/mol. The van der Waals surface area contributed by atoms with Crippen LogP contribution in [0.1, 0.15) is 17.4 Å². The van der Waals surface area contributed by atoms with Gasteiger partial charge >= 0.3 is 0 Å². The van der Waals surface area contributed by atoms with Crippen LogP contribution in [-0.2, 0) is 13.5 Å². The van der Waals surface area contributed by atoms with Crippen LogP contribution in [0.3, 0.4) is 0 Å². The Labute approximate surface area is 107 Å². The molecule has 2 rings (SSSR count). The summed E-state index contributed by atoms with van der Waals surface area (Å²) < 4.78 is 15.9. The zero-order chi connectivity index (χ0) is 12.4. The summed E-state index contributed by atoms with van der Waals surface area (Å²) in [5.41, 5.74) is 1.03. The third kappa shape index (κ3) is 2.92. The third-order valence-electron chi connectivity index (χ3n) is 2.50. The van der Waals surface area contributed by atoms with Gasteiger partial charge in [-0.3, -0.25) is 4.68 Å². The summed E-state index contributed by atoms with van der Waals surface area (Å²) in [5, 5.41) is 14.0. The highest BCUT2D eigenvalue weighted by Crippen LogP contribution is 2.21. The summed E-state index contributed by atoms with van der Waals surface area (Å²) in [6.45, 7) is 0. The Morgan fingerprint density at radius 1 is 1.47 bits per heavy atom. The van der Waals surface area contributed by atoms with Gasteiger partial charge in [0.15, 0.2) is 0 Å². The molecule has 0 bridgehead atoms. The van der Waals surface area contributed by atoms with Gasteiger partial charge in [0, 0.05) is 24.1 Å². The molecule has 1 aromatic heterocycles. The van der Waals surface area contributed by atoms with Crippen LogP contribution in [0, 0.1) is 5.82 Å². The Hall–Kier alpha value is -1.20. The molecule has 0 radical (unpaired) electrons. The molecular formula is C12H12BrFN2O. The van der Waals surface area contributed by atoms with Crippen LogP contribution in [0.5, 0.6) is 0 Å². The Morgan fingerprint density at radius 2 is 2.24 bits per heavy atom. The Morgan fingerprint density at radius 3 is 2.82 bits per heavy atom. The van der Waals surface area contributed by atoms with Crippen LogP contribution in [0.25, 0.3) is 0 Å². The zero-order valence-corrected chi connectivity index (χ0v) is 10.9. The molecule has 0 aliphatic heterocycles. The molecule has 0 aliphatic carbocycles. The van der Waals surface area contributed by atoms with Gasteiger partial charge in [0.25, 0.3) is 0 Å². The van der Waals surface area contributed by atoms with E-state index in [0.29, 0.717) is 15.7 Å². The Kier molecular flexibility index (Phi) is 3.59. The van der Waals surface area contributed by atoms with Crippen molar-refractivity contribution in [2.24, 2.45) is 7.05 Å². The van der Waals surface area contributed by atoms with E-state index in [1.54, 1.807) is 36.1 Å². The lowest BCUT2D eigenvalue weighted by Crippen LogP contribution is -2.05. The van der Waals surface area contributed by atoms with Gasteiger partial charge in [-0.25, -0.2) is 4.39 Å². The maximum absolute atomic E-state index is 13.6. The Bertz CT molecular complexity index is 527. The molecule has 0 saturated carbocycles. The molecule has 1 heterocycles. The van der Waals surface area contributed by atoms with E-state index in [1.807, 2.05) is 0 Å². The number of rotatable bonds is 3. The first-order valence-corrected chi connectivity index (χ1v) is 5.97. The average Bonchev–Trinajstić information content (AvgIpc) is 2.69. The summed E-state index contributed by atoms with van der Waals surface area (Å²) in [4.78, 5) is 0. The van der Waals surface area contributed by atoms with Gasteiger partial charge in [-0.15, -0.1) is 0 Å². The lowest BCUT2D eigenvalue weighted by atomic mass is 10.1. The standard InChI is InChI=1S/C12H12BrFN2O/c1-16-5-4-11(15-16)12(17)6-8-2-3-9(13)7-10(8)14/h2-5,7,12,17H,6H2,1H3. The number of aliphatic hydroxyl groups excluding tert-OH is 1. The molecule has 1 N–H and O–H groups in total. The minimum atomic E-state index is -0.785. The Balaban J connectivity index is 2.15. The highest BCUT2D eigenvalue weighted by molar-refractivity contribution is 9.10. The van der Waals surface area contributed by atoms with Gasteiger partial charge in [-0.2, -0.15) is 5.10 Å². The van der Waals surface area contributed by atoms with E-state index in [0.717, 1.165) is 0 Å². The van der Waals surface area contributed by atoms with Gasteiger partial charge in [-0.1, -0.05) is 22.0 Å². The minimum absolute atomic E-state index is 0.218. The normalized spacial score (nSPS) is 12.7. The molecule has 0 spiro atoms. The van der Waals surface area contributed by atoms with E-state index < -0.39 is 6.10 Å². The van der Waals surface area contributed by atoms with Gasteiger partial charge in [0.1, 0.15) is 11.9 Å². The molecule has 0 amide bonds. The lowest BCUT2D eigenvalue weighted by Gasteiger charge is -2.09. The summed E-state index contributed by atoms with van der Waals surface area (Å²) in [5.74, 6) is -0.325. The SMILES string of the molecule is Cn1ccc(C(O)Cc2ccc(Br)cc2F)n1. The van der Waals surface area contributed by atoms with E-state index >= 15 is 0 Å². The molecule has 5 heteroatoms. The highest BCUT2D eigenvalue weighted by atomic mass is 79.9. The highest BCUT2D eigenvalue weighted by Gasteiger charge is 2.14. The number of nitrogens with zero attached hydrogens (tertiary/aromatic N) is 2. The number of benzene rings is 1. The monoisotopic (exact) mass is 298 g/mol. The number of halogens is 2. The zero-order valence-electron chi connectivity index (χ0n) is 9.27. The summed E-state index contributed by atoms with van der Waals surface area (Å²) in [6.07, 6.45) is 1.18. The summed E-state index contributed by atoms with van der Waals surface area (Å²) in [7, 11) is 1.77. The molecule has 0 saturated heterocycles. The second-order valence-electron chi connectivity index (χ2n) is 3.87. The van der Waals surface area contributed by atoms with Crippen molar-refractivity contribution in [1.29, 1.82) is 0 Å². The van der Waals surface area contributed by atoms with E-state index in [2.05, 4.69) is 21.0 Å². The molecule has 1 atom stereocenters. The smallest absolute Gasteiger partial charge is 0.127 e. The van der Waals surface area contributed by atoms with E-state index in [9.17, 15) is 9.50 Å². The molecule has 0 fully saturated rings. The predicted molar refractivity (Wildman–Crippen MR) is 66.0 cm³/mol. The molecule has 1 unspecified atom stereocenters.